The summed E-state index contributed by atoms with van der Waals surface area (Å²) in [6.07, 6.45) is 2.96. The van der Waals surface area contributed by atoms with E-state index in [2.05, 4.69) is 43.9 Å². The molecule has 4 aromatic rings. The highest BCUT2D eigenvalue weighted by atomic mass is 35.5. The maximum absolute atomic E-state index is 13.9. The van der Waals surface area contributed by atoms with Crippen LogP contribution < -0.4 is 4.90 Å². The molecule has 2 saturated heterocycles. The zero-order chi connectivity index (χ0) is 27.8. The summed E-state index contributed by atoms with van der Waals surface area (Å²) < 4.78 is 35.3. The van der Waals surface area contributed by atoms with Crippen molar-refractivity contribution < 1.29 is 13.5 Å². The van der Waals surface area contributed by atoms with Crippen molar-refractivity contribution in [3.63, 3.8) is 0 Å². The molecule has 2 fully saturated rings. The van der Waals surface area contributed by atoms with Crippen molar-refractivity contribution in [2.24, 2.45) is 0 Å². The molecule has 0 amide bonds. The van der Waals surface area contributed by atoms with Crippen molar-refractivity contribution in [3.05, 3.63) is 76.6 Å². The lowest BCUT2D eigenvalue weighted by atomic mass is 9.92. The van der Waals surface area contributed by atoms with Crippen LogP contribution >= 0.6 is 11.6 Å². The van der Waals surface area contributed by atoms with E-state index in [9.17, 15) is 8.78 Å². The average molecular weight is 568 g/mol. The van der Waals surface area contributed by atoms with Gasteiger partial charge in [-0.3, -0.25) is 4.90 Å². The molecule has 0 N–H and O–H groups in total. The van der Waals surface area contributed by atoms with Crippen molar-refractivity contribution in [3.8, 4) is 0 Å². The highest BCUT2D eigenvalue weighted by Crippen LogP contribution is 2.37. The van der Waals surface area contributed by atoms with E-state index in [0.29, 0.717) is 36.6 Å². The lowest BCUT2D eigenvalue weighted by molar-refractivity contribution is 0.0944. The first kappa shape index (κ1) is 27.0. The van der Waals surface area contributed by atoms with E-state index in [1.807, 2.05) is 24.3 Å². The molecule has 40 heavy (non-hydrogen) atoms. The molecule has 4 heterocycles. The molecule has 210 valence electrons. The van der Waals surface area contributed by atoms with E-state index in [4.69, 9.17) is 16.3 Å². The van der Waals surface area contributed by atoms with Crippen LogP contribution in [-0.2, 0) is 11.3 Å². The first-order valence-corrected chi connectivity index (χ1v) is 14.2. The lowest BCUT2D eigenvalue weighted by Crippen LogP contribution is -2.58. The fraction of sp³-hybridized carbons (Fsp3) is 0.448. The zero-order valence-corrected chi connectivity index (χ0v) is 23.3. The van der Waals surface area contributed by atoms with Gasteiger partial charge in [-0.2, -0.15) is 9.97 Å². The highest BCUT2D eigenvalue weighted by molar-refractivity contribution is 6.28. The Hall–Kier alpha value is -3.21. The Balaban J connectivity index is 1.34. The molecule has 2 aliphatic rings. The minimum absolute atomic E-state index is 0.0312. The largest absolute Gasteiger partial charge is 0.376 e. The van der Waals surface area contributed by atoms with Crippen LogP contribution in [0.15, 0.2) is 48.5 Å². The van der Waals surface area contributed by atoms with Gasteiger partial charge in [0.15, 0.2) is 17.0 Å². The van der Waals surface area contributed by atoms with Gasteiger partial charge in [-0.1, -0.05) is 36.4 Å². The van der Waals surface area contributed by atoms with Crippen LogP contribution in [0.25, 0.3) is 11.2 Å². The molecule has 2 aromatic heterocycles. The number of piperazine rings is 1. The summed E-state index contributed by atoms with van der Waals surface area (Å²) in [7, 11) is 0. The molecule has 6 rings (SSSR count). The zero-order valence-electron chi connectivity index (χ0n) is 22.6. The molecule has 0 unspecified atom stereocenters. The number of hydrogen-bond acceptors (Lipinski definition) is 7. The van der Waals surface area contributed by atoms with Crippen molar-refractivity contribution in [1.29, 1.82) is 0 Å². The Morgan fingerprint density at radius 2 is 1.68 bits per heavy atom. The summed E-state index contributed by atoms with van der Waals surface area (Å²) in [6, 6.07) is 13.1. The van der Waals surface area contributed by atoms with Gasteiger partial charge in [0.1, 0.15) is 11.6 Å². The van der Waals surface area contributed by atoms with Crippen LogP contribution in [0.3, 0.4) is 0 Å². The second-order valence-electron chi connectivity index (χ2n) is 10.7. The number of benzene rings is 2. The number of aromatic nitrogens is 5. The molecular formula is C29H32ClF2N7O. The predicted molar refractivity (Wildman–Crippen MR) is 149 cm³/mol. The molecule has 0 bridgehead atoms. The van der Waals surface area contributed by atoms with Crippen molar-refractivity contribution in [2.75, 3.05) is 24.6 Å². The van der Waals surface area contributed by atoms with Gasteiger partial charge in [0, 0.05) is 31.8 Å². The highest BCUT2D eigenvalue weighted by Gasteiger charge is 2.38. The third-order valence-corrected chi connectivity index (χ3v) is 8.22. The Labute approximate surface area is 236 Å². The lowest BCUT2D eigenvalue weighted by Gasteiger charge is -2.49. The predicted octanol–water partition coefficient (Wildman–Crippen LogP) is 5.41. The molecule has 0 saturated carbocycles. The van der Waals surface area contributed by atoms with Gasteiger partial charge >= 0.3 is 0 Å². The van der Waals surface area contributed by atoms with E-state index in [0.717, 1.165) is 37.0 Å². The maximum Gasteiger partial charge on any atom is 0.226 e. The molecule has 3 atom stereocenters. The normalized spacial score (nSPS) is 22.1. The summed E-state index contributed by atoms with van der Waals surface area (Å²) in [5, 5.41) is 9.01. The van der Waals surface area contributed by atoms with Crippen LogP contribution in [0.2, 0.25) is 5.28 Å². The third kappa shape index (κ3) is 5.27. The van der Waals surface area contributed by atoms with Crippen LogP contribution in [-0.4, -0.2) is 67.7 Å². The summed E-state index contributed by atoms with van der Waals surface area (Å²) in [6.45, 7) is 6.97. The topological polar surface area (TPSA) is 72.2 Å². The molecule has 11 heteroatoms. The third-order valence-electron chi connectivity index (χ3n) is 8.05. The first-order valence-electron chi connectivity index (χ1n) is 13.8. The number of halogens is 3. The Bertz CT molecular complexity index is 1410. The van der Waals surface area contributed by atoms with E-state index >= 15 is 0 Å². The van der Waals surface area contributed by atoms with E-state index in [1.54, 1.807) is 4.68 Å². The van der Waals surface area contributed by atoms with Crippen molar-refractivity contribution in [2.45, 2.75) is 63.9 Å². The molecule has 8 nitrogen and oxygen atoms in total. The minimum atomic E-state index is -0.288. The number of ether oxygens (including phenoxy) is 1. The summed E-state index contributed by atoms with van der Waals surface area (Å²) in [5.74, 6) is 0.0902. The van der Waals surface area contributed by atoms with Crippen LogP contribution in [0, 0.1) is 11.6 Å². The van der Waals surface area contributed by atoms with Crippen molar-refractivity contribution in [1.82, 2.24) is 29.9 Å². The summed E-state index contributed by atoms with van der Waals surface area (Å²) in [5.41, 5.74) is 3.13. The number of hydrogen-bond donors (Lipinski definition) is 0. The van der Waals surface area contributed by atoms with Crippen molar-refractivity contribution >= 4 is 28.6 Å². The Morgan fingerprint density at radius 1 is 1.00 bits per heavy atom. The smallest absolute Gasteiger partial charge is 0.226 e. The number of fused-ring (bicyclic) bond motifs is 1. The quantitative estimate of drug-likeness (QED) is 0.276. The Morgan fingerprint density at radius 3 is 2.27 bits per heavy atom. The fourth-order valence-electron chi connectivity index (χ4n) is 6.03. The summed E-state index contributed by atoms with van der Waals surface area (Å²) >= 11 is 6.45. The van der Waals surface area contributed by atoms with Gasteiger partial charge in [-0.05, 0) is 73.2 Å². The van der Waals surface area contributed by atoms with Gasteiger partial charge in [0.2, 0.25) is 5.28 Å². The maximum atomic E-state index is 13.9. The first-order chi connectivity index (χ1) is 19.4. The van der Waals surface area contributed by atoms with Crippen LogP contribution in [0.1, 0.15) is 50.3 Å². The SMILES string of the molecule is CC[C@@H]1CN(c2nc(Cl)nc3c2nnn3C[C@@H]2CCCO2)[C@@H](C)CN1C(c1ccc(F)cc1)c1ccc(F)cc1. The Kier molecular flexibility index (Phi) is 7.65. The molecule has 2 aliphatic heterocycles. The second-order valence-corrected chi connectivity index (χ2v) is 11.0. The number of anilines is 1. The van der Waals surface area contributed by atoms with E-state index < -0.39 is 0 Å². The van der Waals surface area contributed by atoms with Gasteiger partial charge < -0.3 is 9.64 Å². The van der Waals surface area contributed by atoms with Gasteiger partial charge in [0.05, 0.1) is 18.7 Å². The molecule has 2 aromatic carbocycles. The monoisotopic (exact) mass is 567 g/mol. The molecular weight excluding hydrogens is 536 g/mol. The number of rotatable bonds is 7. The minimum Gasteiger partial charge on any atom is -0.376 e. The fourth-order valence-corrected chi connectivity index (χ4v) is 6.19. The molecule has 0 spiro atoms. The standard InChI is InChI=1S/C29H32ClF2N7O/c1-3-23-16-37(27-25-28(34-29(30)33-27)39(36-35-25)17-24-5-4-14-40-24)18(2)15-38(23)26(19-6-10-21(31)11-7-19)20-8-12-22(32)13-9-20/h6-13,18,23-24,26H,3-5,14-17H2,1-2H3/t18-,23+,24-/m0/s1. The average Bonchev–Trinajstić information content (AvgIpc) is 3.61. The van der Waals surface area contributed by atoms with Crippen LogP contribution in [0.4, 0.5) is 14.6 Å². The molecule has 0 aliphatic carbocycles. The van der Waals surface area contributed by atoms with Gasteiger partial charge in [-0.25, -0.2) is 13.5 Å². The summed E-state index contributed by atoms with van der Waals surface area (Å²) in [4.78, 5) is 13.8. The molecule has 0 radical (unpaired) electrons. The van der Waals surface area contributed by atoms with Gasteiger partial charge in [0.25, 0.3) is 0 Å². The number of nitrogens with zero attached hydrogens (tertiary/aromatic N) is 7. The second kappa shape index (κ2) is 11.3. The van der Waals surface area contributed by atoms with E-state index in [-0.39, 0.29) is 41.1 Å². The van der Waals surface area contributed by atoms with Crippen LogP contribution in [0.5, 0.6) is 0 Å². The van der Waals surface area contributed by atoms with Gasteiger partial charge in [-0.15, -0.1) is 5.10 Å². The van der Waals surface area contributed by atoms with E-state index in [1.165, 1.54) is 24.3 Å².